The molecule has 0 saturated carbocycles. The highest BCUT2D eigenvalue weighted by atomic mass is 19.1. The largest absolute Gasteiger partial charge is 0.457 e. The summed E-state index contributed by atoms with van der Waals surface area (Å²) >= 11 is 0. The van der Waals surface area contributed by atoms with Gasteiger partial charge in [0.25, 0.3) is 0 Å². The Kier molecular flexibility index (Phi) is 7.44. The van der Waals surface area contributed by atoms with Gasteiger partial charge >= 0.3 is 6.09 Å². The number of carbonyl (C=O) groups excluding carboxylic acids is 1. The standard InChI is InChI=1S/C27H30F2N2O3/c1-16(2)25-23(31-22-11-10-17(3)12-21(22)29)13-18(28)14-24(25)33-20-9-7-8-19(15-20)30-26(32)34-27(4,5)6/h7-16,31H,1-6H3,(H,30,32). The molecule has 0 bridgehead atoms. The summed E-state index contributed by atoms with van der Waals surface area (Å²) in [5.41, 5.74) is 1.96. The van der Waals surface area contributed by atoms with Crippen molar-refractivity contribution in [3.8, 4) is 11.5 Å². The minimum Gasteiger partial charge on any atom is -0.457 e. The monoisotopic (exact) mass is 468 g/mol. The Hall–Kier alpha value is -3.61. The number of hydrogen-bond donors (Lipinski definition) is 2. The first-order valence-corrected chi connectivity index (χ1v) is 11.1. The summed E-state index contributed by atoms with van der Waals surface area (Å²) in [7, 11) is 0. The van der Waals surface area contributed by atoms with Crippen molar-refractivity contribution in [2.75, 3.05) is 10.6 Å². The Bertz CT molecular complexity index is 1190. The van der Waals surface area contributed by atoms with E-state index >= 15 is 0 Å². The fraction of sp³-hybridized carbons (Fsp3) is 0.296. The Labute approximate surface area is 199 Å². The van der Waals surface area contributed by atoms with Gasteiger partial charge in [-0.15, -0.1) is 0 Å². The molecule has 0 aliphatic rings. The second-order valence-corrected chi connectivity index (χ2v) is 9.38. The van der Waals surface area contributed by atoms with Crippen LogP contribution in [0.1, 0.15) is 51.7 Å². The molecule has 0 spiro atoms. The first-order valence-electron chi connectivity index (χ1n) is 11.1. The lowest BCUT2D eigenvalue weighted by atomic mass is 9.99. The number of anilines is 3. The van der Waals surface area contributed by atoms with E-state index in [0.717, 1.165) is 5.56 Å². The van der Waals surface area contributed by atoms with Crippen molar-refractivity contribution in [1.29, 1.82) is 0 Å². The predicted molar refractivity (Wildman–Crippen MR) is 131 cm³/mol. The van der Waals surface area contributed by atoms with Gasteiger partial charge in [0.1, 0.15) is 28.7 Å². The number of rotatable bonds is 6. The molecule has 7 heteroatoms. The Balaban J connectivity index is 1.91. The van der Waals surface area contributed by atoms with Crippen LogP contribution in [0.4, 0.5) is 30.6 Å². The summed E-state index contributed by atoms with van der Waals surface area (Å²) in [5, 5.41) is 5.67. The Morgan fingerprint density at radius 3 is 2.35 bits per heavy atom. The average Bonchev–Trinajstić information content (AvgIpc) is 2.68. The van der Waals surface area contributed by atoms with Gasteiger partial charge < -0.3 is 14.8 Å². The highest BCUT2D eigenvalue weighted by Gasteiger charge is 2.19. The number of benzene rings is 3. The van der Waals surface area contributed by atoms with Gasteiger partial charge in [-0.3, -0.25) is 5.32 Å². The van der Waals surface area contributed by atoms with Gasteiger partial charge in [0.05, 0.1) is 5.69 Å². The molecule has 0 atom stereocenters. The maximum absolute atomic E-state index is 14.6. The quantitative estimate of drug-likeness (QED) is 0.382. The van der Waals surface area contributed by atoms with Crippen LogP contribution in [0.3, 0.4) is 0 Å². The first-order chi connectivity index (χ1) is 15.9. The number of ether oxygens (including phenoxy) is 2. The van der Waals surface area contributed by atoms with Crippen LogP contribution in [0.2, 0.25) is 0 Å². The highest BCUT2D eigenvalue weighted by Crippen LogP contribution is 2.39. The summed E-state index contributed by atoms with van der Waals surface area (Å²) in [6, 6.07) is 14.1. The smallest absolute Gasteiger partial charge is 0.412 e. The number of nitrogens with one attached hydrogen (secondary N) is 2. The molecule has 2 N–H and O–H groups in total. The topological polar surface area (TPSA) is 59.6 Å². The third-order valence-electron chi connectivity index (χ3n) is 4.79. The summed E-state index contributed by atoms with van der Waals surface area (Å²) in [5.74, 6) is -0.331. The van der Waals surface area contributed by atoms with E-state index in [1.165, 1.54) is 18.2 Å². The molecule has 0 unspecified atom stereocenters. The predicted octanol–water partition coefficient (Wildman–Crippen LogP) is 8.28. The summed E-state index contributed by atoms with van der Waals surface area (Å²) < 4.78 is 40.3. The van der Waals surface area contributed by atoms with E-state index in [-0.39, 0.29) is 11.6 Å². The summed E-state index contributed by atoms with van der Waals surface area (Å²) in [6.45, 7) is 11.0. The van der Waals surface area contributed by atoms with Crippen LogP contribution in [0.15, 0.2) is 54.6 Å². The van der Waals surface area contributed by atoms with Crippen LogP contribution < -0.4 is 15.4 Å². The van der Waals surface area contributed by atoms with E-state index in [9.17, 15) is 13.6 Å². The molecule has 0 radical (unpaired) electrons. The second-order valence-electron chi connectivity index (χ2n) is 9.38. The molecule has 3 aromatic rings. The molecule has 5 nitrogen and oxygen atoms in total. The van der Waals surface area contributed by atoms with Gasteiger partial charge in [0, 0.05) is 29.1 Å². The van der Waals surface area contributed by atoms with Crippen LogP contribution in [-0.2, 0) is 4.74 Å². The number of hydrogen-bond acceptors (Lipinski definition) is 4. The zero-order chi connectivity index (χ0) is 25.0. The lowest BCUT2D eigenvalue weighted by Crippen LogP contribution is -2.27. The van der Waals surface area contributed by atoms with Gasteiger partial charge in [0.15, 0.2) is 0 Å². The van der Waals surface area contributed by atoms with E-state index in [2.05, 4.69) is 10.6 Å². The fourth-order valence-electron chi connectivity index (χ4n) is 3.43. The van der Waals surface area contributed by atoms with Crippen LogP contribution in [0.5, 0.6) is 11.5 Å². The normalized spacial score (nSPS) is 11.3. The molecule has 180 valence electrons. The van der Waals surface area contributed by atoms with Crippen molar-refractivity contribution in [3.63, 3.8) is 0 Å². The van der Waals surface area contributed by atoms with Gasteiger partial charge in [0.2, 0.25) is 0 Å². The zero-order valence-electron chi connectivity index (χ0n) is 20.3. The molecule has 3 rings (SSSR count). The van der Waals surface area contributed by atoms with Crippen molar-refractivity contribution in [1.82, 2.24) is 0 Å². The van der Waals surface area contributed by atoms with Crippen LogP contribution in [0, 0.1) is 18.6 Å². The highest BCUT2D eigenvalue weighted by molar-refractivity contribution is 5.85. The minimum absolute atomic E-state index is 0.0605. The molecule has 34 heavy (non-hydrogen) atoms. The summed E-state index contributed by atoms with van der Waals surface area (Å²) in [6.07, 6.45) is -0.593. The number of halogens is 2. The Morgan fingerprint density at radius 1 is 0.971 bits per heavy atom. The lowest BCUT2D eigenvalue weighted by molar-refractivity contribution is 0.0636. The van der Waals surface area contributed by atoms with Gasteiger partial charge in [-0.1, -0.05) is 26.0 Å². The second kappa shape index (κ2) is 10.1. The Morgan fingerprint density at radius 2 is 1.71 bits per heavy atom. The molecule has 0 aliphatic heterocycles. The maximum atomic E-state index is 14.6. The molecular formula is C27H30F2N2O3. The maximum Gasteiger partial charge on any atom is 0.412 e. The summed E-state index contributed by atoms with van der Waals surface area (Å²) in [4.78, 5) is 12.1. The number of aryl methyl sites for hydroxylation is 1. The molecule has 1 amide bonds. The molecule has 0 aromatic heterocycles. The lowest BCUT2D eigenvalue weighted by Gasteiger charge is -2.21. The van der Waals surface area contributed by atoms with Gasteiger partial charge in [-0.2, -0.15) is 0 Å². The minimum atomic E-state index is -0.633. The van der Waals surface area contributed by atoms with E-state index < -0.39 is 23.3 Å². The van der Waals surface area contributed by atoms with Crippen molar-refractivity contribution >= 4 is 23.2 Å². The van der Waals surface area contributed by atoms with E-state index in [4.69, 9.17) is 9.47 Å². The average molecular weight is 469 g/mol. The van der Waals surface area contributed by atoms with Gasteiger partial charge in [-0.25, -0.2) is 13.6 Å². The molecular weight excluding hydrogens is 438 g/mol. The van der Waals surface area contributed by atoms with Crippen molar-refractivity contribution < 1.29 is 23.0 Å². The van der Waals surface area contributed by atoms with Gasteiger partial charge in [-0.05, 0) is 69.5 Å². The molecule has 0 heterocycles. The van der Waals surface area contributed by atoms with Crippen LogP contribution in [0.25, 0.3) is 0 Å². The van der Waals surface area contributed by atoms with E-state index in [0.29, 0.717) is 28.4 Å². The molecule has 0 saturated heterocycles. The third kappa shape index (κ3) is 6.70. The van der Waals surface area contributed by atoms with Crippen molar-refractivity contribution in [3.05, 3.63) is 77.4 Å². The number of carbonyl (C=O) groups is 1. The molecule has 0 aliphatic carbocycles. The first kappa shape index (κ1) is 25.0. The molecule has 3 aromatic carbocycles. The SMILES string of the molecule is Cc1ccc(Nc2cc(F)cc(Oc3cccc(NC(=O)OC(C)(C)C)c3)c2C(C)C)c(F)c1. The van der Waals surface area contributed by atoms with Crippen molar-refractivity contribution in [2.45, 2.75) is 53.1 Å². The molecule has 0 fully saturated rings. The van der Waals surface area contributed by atoms with E-state index in [1.807, 2.05) is 13.8 Å². The van der Waals surface area contributed by atoms with Crippen LogP contribution >= 0.6 is 0 Å². The number of amides is 1. The zero-order valence-corrected chi connectivity index (χ0v) is 20.3. The fourth-order valence-corrected chi connectivity index (χ4v) is 3.43. The van der Waals surface area contributed by atoms with Crippen LogP contribution in [-0.4, -0.2) is 11.7 Å². The van der Waals surface area contributed by atoms with Crippen molar-refractivity contribution in [2.24, 2.45) is 0 Å². The van der Waals surface area contributed by atoms with E-state index in [1.54, 1.807) is 64.1 Å². The third-order valence-corrected chi connectivity index (χ3v) is 4.79.